The van der Waals surface area contributed by atoms with Crippen LogP contribution in [0.5, 0.6) is 0 Å². The molecule has 1 atom stereocenters. The van der Waals surface area contributed by atoms with E-state index >= 15 is 0 Å². The largest absolute Gasteiger partial charge is 0.327 e. The Kier molecular flexibility index (Phi) is 4.49. The molecule has 0 spiro atoms. The number of anilines is 1. The number of hydrazine groups is 1. The Hall–Kier alpha value is -1.66. The van der Waals surface area contributed by atoms with Gasteiger partial charge in [0.2, 0.25) is 0 Å². The maximum Gasteiger partial charge on any atom is 0.252 e. The summed E-state index contributed by atoms with van der Waals surface area (Å²) in [5.74, 6) is 0.552. The van der Waals surface area contributed by atoms with Gasteiger partial charge in [0, 0.05) is 18.8 Å². The van der Waals surface area contributed by atoms with Crippen LogP contribution >= 0.6 is 0 Å². The summed E-state index contributed by atoms with van der Waals surface area (Å²) in [4.78, 5) is 17.8. The van der Waals surface area contributed by atoms with Crippen molar-refractivity contribution in [2.75, 3.05) is 25.1 Å². The number of amides is 1. The Morgan fingerprint density at radius 3 is 3.17 bits per heavy atom. The zero-order valence-corrected chi connectivity index (χ0v) is 10.3. The minimum Gasteiger partial charge on any atom is -0.327 e. The zero-order valence-electron chi connectivity index (χ0n) is 10.3. The second-order valence-electron chi connectivity index (χ2n) is 4.53. The maximum atomic E-state index is 11.7. The van der Waals surface area contributed by atoms with E-state index < -0.39 is 0 Å². The molecule has 0 aliphatic carbocycles. The predicted octanol–water partition coefficient (Wildman–Crippen LogP) is -0.0522. The molecule has 1 aliphatic rings. The quantitative estimate of drug-likeness (QED) is 0.652. The molecule has 1 aliphatic heterocycles. The van der Waals surface area contributed by atoms with Gasteiger partial charge in [0.05, 0.1) is 6.54 Å². The lowest BCUT2D eigenvalue weighted by atomic mass is 10.1. The summed E-state index contributed by atoms with van der Waals surface area (Å²) in [6.45, 7) is 2.09. The molecule has 18 heavy (non-hydrogen) atoms. The van der Waals surface area contributed by atoms with E-state index in [0.29, 0.717) is 12.4 Å². The van der Waals surface area contributed by atoms with Crippen LogP contribution in [-0.4, -0.2) is 41.5 Å². The van der Waals surface area contributed by atoms with Gasteiger partial charge in [0.15, 0.2) is 0 Å². The van der Waals surface area contributed by atoms with E-state index in [4.69, 9.17) is 5.73 Å². The van der Waals surface area contributed by atoms with Crippen LogP contribution in [0.1, 0.15) is 12.8 Å². The van der Waals surface area contributed by atoms with Crippen LogP contribution in [0.4, 0.5) is 5.82 Å². The van der Waals surface area contributed by atoms with Crippen LogP contribution < -0.4 is 16.6 Å². The first-order valence-electron chi connectivity index (χ1n) is 6.18. The van der Waals surface area contributed by atoms with Crippen molar-refractivity contribution in [2.24, 2.45) is 5.73 Å². The number of aromatic nitrogens is 1. The molecule has 0 bridgehead atoms. The number of carbonyl (C=O) groups excluding carboxylic acids is 1. The molecule has 98 valence electrons. The number of pyridine rings is 1. The van der Waals surface area contributed by atoms with Crippen LogP contribution in [0.2, 0.25) is 0 Å². The van der Waals surface area contributed by atoms with Gasteiger partial charge in [-0.15, -0.1) is 0 Å². The van der Waals surface area contributed by atoms with Crippen molar-refractivity contribution in [1.29, 1.82) is 0 Å². The van der Waals surface area contributed by atoms with Crippen molar-refractivity contribution in [3.05, 3.63) is 24.4 Å². The fraction of sp³-hybridized carbons (Fsp3) is 0.500. The molecule has 4 N–H and O–H groups in total. The Morgan fingerprint density at radius 2 is 2.44 bits per heavy atom. The third kappa shape index (κ3) is 3.97. The zero-order chi connectivity index (χ0) is 12.8. The number of rotatable bonds is 4. The lowest BCUT2D eigenvalue weighted by Crippen LogP contribution is -2.47. The highest BCUT2D eigenvalue weighted by Crippen LogP contribution is 2.07. The first-order chi connectivity index (χ1) is 8.74. The third-order valence-corrected chi connectivity index (χ3v) is 2.90. The second kappa shape index (κ2) is 6.32. The minimum atomic E-state index is -0.0743. The molecule has 6 heteroatoms. The normalized spacial score (nSPS) is 20.4. The molecule has 0 aromatic carbocycles. The summed E-state index contributed by atoms with van der Waals surface area (Å²) in [5, 5.41) is 0. The Bertz CT molecular complexity index is 383. The van der Waals surface area contributed by atoms with Crippen LogP contribution in [0.15, 0.2) is 24.4 Å². The van der Waals surface area contributed by atoms with Crippen molar-refractivity contribution in [2.45, 2.75) is 18.9 Å². The van der Waals surface area contributed by atoms with E-state index in [1.54, 1.807) is 12.3 Å². The van der Waals surface area contributed by atoms with Crippen LogP contribution in [0.3, 0.4) is 0 Å². The van der Waals surface area contributed by atoms with E-state index in [0.717, 1.165) is 25.9 Å². The molecule has 0 saturated carbocycles. The molecular formula is C12H19N5O. The molecule has 2 heterocycles. The number of nitrogens with two attached hydrogens (primary N) is 1. The molecule has 1 fully saturated rings. The number of likely N-dealkylation sites (tertiary alicyclic amines) is 1. The Balaban J connectivity index is 1.72. The van der Waals surface area contributed by atoms with E-state index in [9.17, 15) is 4.79 Å². The van der Waals surface area contributed by atoms with Gasteiger partial charge in [0.1, 0.15) is 5.82 Å². The van der Waals surface area contributed by atoms with E-state index in [-0.39, 0.29) is 11.9 Å². The summed E-state index contributed by atoms with van der Waals surface area (Å²) in [5.41, 5.74) is 11.3. The third-order valence-electron chi connectivity index (χ3n) is 2.90. The van der Waals surface area contributed by atoms with Crippen molar-refractivity contribution < 1.29 is 4.79 Å². The van der Waals surface area contributed by atoms with Gasteiger partial charge >= 0.3 is 0 Å². The standard InChI is InChI=1S/C12H19N5O/c13-10-4-3-7-17(8-10)9-12(18)16-15-11-5-1-2-6-14-11/h1-2,5-6,10H,3-4,7-9,13H2,(H,14,15)(H,16,18)/t10-/m1/s1. The smallest absolute Gasteiger partial charge is 0.252 e. The van der Waals surface area contributed by atoms with Gasteiger partial charge < -0.3 is 5.73 Å². The summed E-state index contributed by atoms with van der Waals surface area (Å²) < 4.78 is 0. The summed E-state index contributed by atoms with van der Waals surface area (Å²) in [6.07, 6.45) is 3.77. The summed E-state index contributed by atoms with van der Waals surface area (Å²) in [7, 11) is 0. The maximum absolute atomic E-state index is 11.7. The van der Waals surface area contributed by atoms with E-state index in [2.05, 4.69) is 20.7 Å². The average molecular weight is 249 g/mol. The van der Waals surface area contributed by atoms with Gasteiger partial charge in [-0.3, -0.25) is 20.5 Å². The number of hydrogen-bond acceptors (Lipinski definition) is 5. The molecule has 1 aromatic heterocycles. The second-order valence-corrected chi connectivity index (χ2v) is 4.53. The first kappa shape index (κ1) is 12.8. The van der Waals surface area contributed by atoms with E-state index in [1.807, 2.05) is 12.1 Å². The molecule has 0 radical (unpaired) electrons. The van der Waals surface area contributed by atoms with E-state index in [1.165, 1.54) is 0 Å². The Labute approximate surface area is 107 Å². The van der Waals surface area contributed by atoms with Crippen molar-refractivity contribution in [1.82, 2.24) is 15.3 Å². The summed E-state index contributed by atoms with van der Waals surface area (Å²) in [6, 6.07) is 5.65. The highest BCUT2D eigenvalue weighted by atomic mass is 16.2. The Morgan fingerprint density at radius 1 is 1.56 bits per heavy atom. The number of piperidine rings is 1. The molecule has 6 nitrogen and oxygen atoms in total. The molecule has 2 rings (SSSR count). The first-order valence-corrected chi connectivity index (χ1v) is 6.18. The van der Waals surface area contributed by atoms with Crippen LogP contribution in [-0.2, 0) is 4.79 Å². The average Bonchev–Trinajstić information content (AvgIpc) is 2.38. The topological polar surface area (TPSA) is 83.3 Å². The number of nitrogens with zero attached hydrogens (tertiary/aromatic N) is 2. The summed E-state index contributed by atoms with van der Waals surface area (Å²) >= 11 is 0. The van der Waals surface area contributed by atoms with Gasteiger partial charge in [-0.1, -0.05) is 6.07 Å². The van der Waals surface area contributed by atoms with Crippen molar-refractivity contribution in [3.63, 3.8) is 0 Å². The van der Waals surface area contributed by atoms with Gasteiger partial charge in [-0.25, -0.2) is 4.98 Å². The van der Waals surface area contributed by atoms with Gasteiger partial charge in [0.25, 0.3) is 5.91 Å². The van der Waals surface area contributed by atoms with Crippen LogP contribution in [0, 0.1) is 0 Å². The molecule has 0 unspecified atom stereocenters. The number of carbonyl (C=O) groups is 1. The molecule has 1 aromatic rings. The monoisotopic (exact) mass is 249 g/mol. The fourth-order valence-corrected chi connectivity index (χ4v) is 2.05. The van der Waals surface area contributed by atoms with Crippen LogP contribution in [0.25, 0.3) is 0 Å². The predicted molar refractivity (Wildman–Crippen MR) is 69.7 cm³/mol. The molecule has 1 amide bonds. The highest BCUT2D eigenvalue weighted by Gasteiger charge is 2.18. The van der Waals surface area contributed by atoms with Crippen molar-refractivity contribution in [3.8, 4) is 0 Å². The minimum absolute atomic E-state index is 0.0743. The molecule has 1 saturated heterocycles. The highest BCUT2D eigenvalue weighted by molar-refractivity contribution is 5.79. The molecular weight excluding hydrogens is 230 g/mol. The lowest BCUT2D eigenvalue weighted by molar-refractivity contribution is -0.122. The van der Waals surface area contributed by atoms with Gasteiger partial charge in [-0.05, 0) is 31.5 Å². The van der Waals surface area contributed by atoms with Crippen molar-refractivity contribution >= 4 is 11.7 Å². The lowest BCUT2D eigenvalue weighted by Gasteiger charge is -2.29. The number of hydrogen-bond donors (Lipinski definition) is 3. The fourth-order valence-electron chi connectivity index (χ4n) is 2.05. The SMILES string of the molecule is N[C@@H]1CCCN(CC(=O)NNc2ccccn2)C1. The van der Waals surface area contributed by atoms with Gasteiger partial charge in [-0.2, -0.15) is 0 Å². The number of nitrogens with one attached hydrogen (secondary N) is 2.